The van der Waals surface area contributed by atoms with Gasteiger partial charge in [0.05, 0.1) is 16.7 Å². The van der Waals surface area contributed by atoms with Crippen molar-refractivity contribution in [2.24, 2.45) is 0 Å². The summed E-state index contributed by atoms with van der Waals surface area (Å²) in [5.74, 6) is 0.644. The number of halogens is 2. The molecule has 1 aromatic heterocycles. The fourth-order valence-electron chi connectivity index (χ4n) is 1.13. The first kappa shape index (κ1) is 13.6. The van der Waals surface area contributed by atoms with E-state index in [1.807, 2.05) is 0 Å². The van der Waals surface area contributed by atoms with Crippen LogP contribution in [0.1, 0.15) is 19.8 Å². The molecule has 0 amide bonds. The molecule has 1 rings (SSSR count). The molecular weight excluding hydrogens is 247 g/mol. The number of nitrogens with one attached hydrogen (secondary N) is 1. The van der Waals surface area contributed by atoms with Crippen LogP contribution in [0.4, 0.5) is 5.82 Å². The molecule has 0 saturated heterocycles. The predicted octanol–water partition coefficient (Wildman–Crippen LogP) is 3.62. The molecule has 0 unspecified atom stereocenters. The van der Waals surface area contributed by atoms with Gasteiger partial charge >= 0.3 is 0 Å². The zero-order chi connectivity index (χ0) is 11.8. The average Bonchev–Trinajstić information content (AvgIpc) is 2.26. The summed E-state index contributed by atoms with van der Waals surface area (Å²) >= 11 is 11.7. The third-order valence-electron chi connectivity index (χ3n) is 1.99. The monoisotopic (exact) mass is 262 g/mol. The van der Waals surface area contributed by atoms with Crippen molar-refractivity contribution < 1.29 is 4.74 Å². The largest absolute Gasteiger partial charge is 0.380 e. The molecule has 0 aromatic carbocycles. The van der Waals surface area contributed by atoms with E-state index in [2.05, 4.69) is 17.2 Å². The number of hydrogen-bond acceptors (Lipinski definition) is 3. The summed E-state index contributed by atoms with van der Waals surface area (Å²) < 4.78 is 5.40. The molecule has 0 bridgehead atoms. The molecule has 16 heavy (non-hydrogen) atoms. The summed E-state index contributed by atoms with van der Waals surface area (Å²) in [6.07, 6.45) is 3.81. The number of rotatable bonds is 7. The van der Waals surface area contributed by atoms with Gasteiger partial charge in [0.25, 0.3) is 0 Å². The van der Waals surface area contributed by atoms with Crippen LogP contribution in [0.3, 0.4) is 0 Å². The van der Waals surface area contributed by atoms with E-state index in [4.69, 9.17) is 27.9 Å². The average molecular weight is 263 g/mol. The highest BCUT2D eigenvalue weighted by molar-refractivity contribution is 6.35. The molecule has 0 aliphatic heterocycles. The van der Waals surface area contributed by atoms with Crippen LogP contribution in [-0.2, 0) is 4.74 Å². The van der Waals surface area contributed by atoms with Crippen LogP contribution in [0, 0.1) is 0 Å². The van der Waals surface area contributed by atoms with Crippen LogP contribution in [0.5, 0.6) is 0 Å². The van der Waals surface area contributed by atoms with E-state index in [0.29, 0.717) is 29.0 Å². The van der Waals surface area contributed by atoms with Gasteiger partial charge in [-0.3, -0.25) is 0 Å². The molecule has 0 aliphatic carbocycles. The van der Waals surface area contributed by atoms with Crippen molar-refractivity contribution >= 4 is 29.0 Å². The Hall–Kier alpha value is -0.510. The molecule has 1 heterocycles. The highest BCUT2D eigenvalue weighted by Crippen LogP contribution is 2.21. The van der Waals surface area contributed by atoms with Gasteiger partial charge in [-0.25, -0.2) is 4.98 Å². The summed E-state index contributed by atoms with van der Waals surface area (Å²) in [6.45, 7) is 4.29. The second-order valence-corrected chi connectivity index (χ2v) is 4.22. The number of ether oxygens (including phenoxy) is 1. The quantitative estimate of drug-likeness (QED) is 0.763. The van der Waals surface area contributed by atoms with Gasteiger partial charge in [-0.2, -0.15) is 0 Å². The van der Waals surface area contributed by atoms with E-state index in [1.165, 1.54) is 0 Å². The first-order valence-corrected chi connectivity index (χ1v) is 6.12. The summed E-state index contributed by atoms with van der Waals surface area (Å²) in [6, 6.07) is 1.66. The number of anilines is 1. The Bertz CT molecular complexity index is 321. The molecule has 0 atom stereocenters. The lowest BCUT2D eigenvalue weighted by Gasteiger charge is -2.07. The molecule has 0 aliphatic rings. The topological polar surface area (TPSA) is 34.1 Å². The van der Waals surface area contributed by atoms with Crippen molar-refractivity contribution in [1.29, 1.82) is 0 Å². The van der Waals surface area contributed by atoms with E-state index in [0.717, 1.165) is 19.4 Å². The van der Waals surface area contributed by atoms with Gasteiger partial charge in [-0.05, 0) is 12.5 Å². The molecule has 90 valence electrons. The first-order chi connectivity index (χ1) is 7.74. The number of nitrogens with zero attached hydrogens (tertiary/aromatic N) is 1. The maximum Gasteiger partial charge on any atom is 0.144 e. The van der Waals surface area contributed by atoms with Gasteiger partial charge in [0.1, 0.15) is 5.82 Å². The Morgan fingerprint density at radius 3 is 2.88 bits per heavy atom. The van der Waals surface area contributed by atoms with Crippen LogP contribution in [-0.4, -0.2) is 24.7 Å². The summed E-state index contributed by atoms with van der Waals surface area (Å²) in [5.41, 5.74) is 0. The smallest absolute Gasteiger partial charge is 0.144 e. The Morgan fingerprint density at radius 1 is 1.38 bits per heavy atom. The first-order valence-electron chi connectivity index (χ1n) is 5.36. The molecule has 0 saturated carbocycles. The molecule has 5 heteroatoms. The van der Waals surface area contributed by atoms with Crippen LogP contribution < -0.4 is 5.32 Å². The number of unbranched alkanes of at least 4 members (excludes halogenated alkanes) is 1. The van der Waals surface area contributed by atoms with E-state index in [9.17, 15) is 0 Å². The van der Waals surface area contributed by atoms with Crippen molar-refractivity contribution in [3.05, 3.63) is 22.3 Å². The van der Waals surface area contributed by atoms with Crippen LogP contribution in [0.15, 0.2) is 12.3 Å². The van der Waals surface area contributed by atoms with Gasteiger partial charge < -0.3 is 10.1 Å². The van der Waals surface area contributed by atoms with E-state index < -0.39 is 0 Å². The molecule has 1 aromatic rings. The Morgan fingerprint density at radius 2 is 2.19 bits per heavy atom. The van der Waals surface area contributed by atoms with Crippen LogP contribution >= 0.6 is 23.2 Å². The van der Waals surface area contributed by atoms with Gasteiger partial charge in [-0.15, -0.1) is 0 Å². The van der Waals surface area contributed by atoms with E-state index in [1.54, 1.807) is 12.3 Å². The molecule has 0 radical (unpaired) electrons. The predicted molar refractivity (Wildman–Crippen MR) is 68.5 cm³/mol. The molecule has 3 nitrogen and oxygen atoms in total. The van der Waals surface area contributed by atoms with Gasteiger partial charge in [0.15, 0.2) is 0 Å². The zero-order valence-corrected chi connectivity index (χ0v) is 10.8. The maximum atomic E-state index is 5.94. The highest BCUT2D eigenvalue weighted by Gasteiger charge is 2.01. The molecule has 0 fully saturated rings. The fourth-order valence-corrected chi connectivity index (χ4v) is 1.58. The summed E-state index contributed by atoms with van der Waals surface area (Å²) in [4.78, 5) is 4.08. The van der Waals surface area contributed by atoms with Gasteiger partial charge in [0.2, 0.25) is 0 Å². The number of aromatic nitrogens is 1. The maximum absolute atomic E-state index is 5.94. The molecule has 1 N–H and O–H groups in total. The Kier molecular flexibility index (Phi) is 6.53. The zero-order valence-electron chi connectivity index (χ0n) is 9.30. The minimum atomic E-state index is 0.529. The molecule has 0 spiro atoms. The van der Waals surface area contributed by atoms with Gasteiger partial charge in [0, 0.05) is 19.3 Å². The number of hydrogen-bond donors (Lipinski definition) is 1. The SMILES string of the molecule is CCCCOCCNc1ncc(Cl)cc1Cl. The minimum Gasteiger partial charge on any atom is -0.380 e. The summed E-state index contributed by atoms with van der Waals surface area (Å²) in [5, 5.41) is 4.16. The summed E-state index contributed by atoms with van der Waals surface area (Å²) in [7, 11) is 0. The minimum absolute atomic E-state index is 0.529. The lowest BCUT2D eigenvalue weighted by molar-refractivity contribution is 0.141. The molecular formula is C11H16Cl2N2O. The van der Waals surface area contributed by atoms with E-state index in [-0.39, 0.29) is 0 Å². The van der Waals surface area contributed by atoms with Crippen LogP contribution in [0.2, 0.25) is 10.0 Å². The van der Waals surface area contributed by atoms with Crippen molar-refractivity contribution in [2.45, 2.75) is 19.8 Å². The van der Waals surface area contributed by atoms with Crippen molar-refractivity contribution in [3.8, 4) is 0 Å². The third kappa shape index (κ3) is 5.01. The second-order valence-electron chi connectivity index (χ2n) is 3.38. The number of pyridine rings is 1. The lowest BCUT2D eigenvalue weighted by atomic mass is 10.4. The van der Waals surface area contributed by atoms with Crippen molar-refractivity contribution in [1.82, 2.24) is 4.98 Å². The Balaban J connectivity index is 2.21. The fraction of sp³-hybridized carbons (Fsp3) is 0.545. The lowest BCUT2D eigenvalue weighted by Crippen LogP contribution is -2.11. The van der Waals surface area contributed by atoms with Crippen molar-refractivity contribution in [2.75, 3.05) is 25.1 Å². The standard InChI is InChI=1S/C11H16Cl2N2O/c1-2-3-5-16-6-4-14-11-10(13)7-9(12)8-15-11/h7-8H,2-6H2,1H3,(H,14,15). The second kappa shape index (κ2) is 7.71. The van der Waals surface area contributed by atoms with Crippen molar-refractivity contribution in [3.63, 3.8) is 0 Å². The normalized spacial score (nSPS) is 10.4. The Labute approximate surface area is 106 Å². The van der Waals surface area contributed by atoms with Gasteiger partial charge in [-0.1, -0.05) is 36.5 Å². The van der Waals surface area contributed by atoms with E-state index >= 15 is 0 Å². The third-order valence-corrected chi connectivity index (χ3v) is 2.48. The van der Waals surface area contributed by atoms with Crippen LogP contribution in [0.25, 0.3) is 0 Å². The highest BCUT2D eigenvalue weighted by atomic mass is 35.5.